The molecule has 3 heteroatoms. The second-order valence-corrected chi connectivity index (χ2v) is 5.15. The van der Waals surface area contributed by atoms with E-state index in [0.29, 0.717) is 0 Å². The fourth-order valence-electron chi connectivity index (χ4n) is 1.79. The number of hydrogen-bond acceptors (Lipinski definition) is 2. The van der Waals surface area contributed by atoms with Crippen LogP contribution in [0.25, 0.3) is 0 Å². The third-order valence-corrected chi connectivity index (χ3v) is 3.45. The molecule has 0 radical (unpaired) electrons. The summed E-state index contributed by atoms with van der Waals surface area (Å²) in [6.07, 6.45) is 1.50. The van der Waals surface area contributed by atoms with E-state index in [1.165, 1.54) is 29.0 Å². The average Bonchev–Trinajstić information content (AvgIpc) is 2.25. The molecule has 0 aliphatic heterocycles. The molecule has 0 unspecified atom stereocenters. The molecule has 0 amide bonds. The summed E-state index contributed by atoms with van der Waals surface area (Å²) in [5.74, 6) is 0.432. The molecule has 1 aromatic carbocycles. The summed E-state index contributed by atoms with van der Waals surface area (Å²) in [4.78, 5) is 4.46. The van der Waals surface area contributed by atoms with Crippen LogP contribution in [0.1, 0.15) is 16.7 Å². The first kappa shape index (κ1) is 12.1. The van der Waals surface area contributed by atoms with Crippen LogP contribution in [-0.2, 0) is 5.75 Å². The van der Waals surface area contributed by atoms with Gasteiger partial charge in [-0.15, -0.1) is 11.8 Å². The standard InChI is InChI=1S/C14H14FNS/c1-10-5-11(2)7-12(6-10)9-17-13-3-4-16-14(15)8-13/h3-8H,9H2,1-2H3. The van der Waals surface area contributed by atoms with E-state index in [9.17, 15) is 4.39 Å². The summed E-state index contributed by atoms with van der Waals surface area (Å²) in [7, 11) is 0. The first-order valence-corrected chi connectivity index (χ1v) is 6.43. The highest BCUT2D eigenvalue weighted by molar-refractivity contribution is 7.98. The number of thioether (sulfide) groups is 1. The van der Waals surface area contributed by atoms with E-state index in [-0.39, 0.29) is 0 Å². The highest BCUT2D eigenvalue weighted by atomic mass is 32.2. The zero-order valence-corrected chi connectivity index (χ0v) is 10.7. The van der Waals surface area contributed by atoms with Crippen LogP contribution in [0.15, 0.2) is 41.4 Å². The Morgan fingerprint density at radius 3 is 2.47 bits per heavy atom. The van der Waals surface area contributed by atoms with Gasteiger partial charge in [0.05, 0.1) is 0 Å². The van der Waals surface area contributed by atoms with Gasteiger partial charge in [-0.2, -0.15) is 4.39 Å². The number of hydrogen-bond donors (Lipinski definition) is 0. The molecule has 0 fully saturated rings. The number of benzene rings is 1. The Morgan fingerprint density at radius 1 is 1.12 bits per heavy atom. The third kappa shape index (κ3) is 3.56. The maximum absolute atomic E-state index is 12.9. The van der Waals surface area contributed by atoms with Crippen LogP contribution in [-0.4, -0.2) is 4.98 Å². The van der Waals surface area contributed by atoms with E-state index in [0.717, 1.165) is 10.6 Å². The minimum absolute atomic E-state index is 0.421. The zero-order chi connectivity index (χ0) is 12.3. The summed E-state index contributed by atoms with van der Waals surface area (Å²) in [6, 6.07) is 9.78. The Balaban J connectivity index is 2.07. The van der Waals surface area contributed by atoms with E-state index in [1.54, 1.807) is 11.8 Å². The van der Waals surface area contributed by atoms with Gasteiger partial charge in [0, 0.05) is 22.9 Å². The van der Waals surface area contributed by atoms with Gasteiger partial charge in [-0.3, -0.25) is 0 Å². The zero-order valence-electron chi connectivity index (χ0n) is 9.90. The monoisotopic (exact) mass is 247 g/mol. The Kier molecular flexibility index (Phi) is 3.79. The molecule has 1 nitrogen and oxygen atoms in total. The first-order chi connectivity index (χ1) is 8.13. The van der Waals surface area contributed by atoms with Crippen molar-refractivity contribution in [3.05, 3.63) is 59.2 Å². The average molecular weight is 247 g/mol. The fraction of sp³-hybridized carbons (Fsp3) is 0.214. The quantitative estimate of drug-likeness (QED) is 0.597. The van der Waals surface area contributed by atoms with Crippen molar-refractivity contribution in [1.82, 2.24) is 4.98 Å². The molecule has 0 bridgehead atoms. The van der Waals surface area contributed by atoms with Crippen molar-refractivity contribution in [2.45, 2.75) is 24.5 Å². The Hall–Kier alpha value is -1.35. The van der Waals surface area contributed by atoms with Gasteiger partial charge in [-0.1, -0.05) is 29.3 Å². The molecular formula is C14H14FNS. The molecule has 2 rings (SSSR count). The van der Waals surface area contributed by atoms with Gasteiger partial charge < -0.3 is 0 Å². The lowest BCUT2D eigenvalue weighted by Gasteiger charge is -2.05. The predicted molar refractivity (Wildman–Crippen MR) is 69.7 cm³/mol. The van der Waals surface area contributed by atoms with Crippen molar-refractivity contribution in [2.24, 2.45) is 0 Å². The topological polar surface area (TPSA) is 12.9 Å². The van der Waals surface area contributed by atoms with Crippen molar-refractivity contribution >= 4 is 11.8 Å². The van der Waals surface area contributed by atoms with E-state index in [2.05, 4.69) is 37.0 Å². The second kappa shape index (κ2) is 5.32. The van der Waals surface area contributed by atoms with Crippen LogP contribution in [0.4, 0.5) is 4.39 Å². The summed E-state index contributed by atoms with van der Waals surface area (Å²) in [6.45, 7) is 4.18. The largest absolute Gasteiger partial charge is 0.228 e. The maximum atomic E-state index is 12.9. The van der Waals surface area contributed by atoms with Gasteiger partial charge in [-0.25, -0.2) is 4.98 Å². The van der Waals surface area contributed by atoms with Crippen LogP contribution in [0.2, 0.25) is 0 Å². The van der Waals surface area contributed by atoms with E-state index >= 15 is 0 Å². The molecule has 17 heavy (non-hydrogen) atoms. The van der Waals surface area contributed by atoms with Gasteiger partial charge in [0.25, 0.3) is 0 Å². The lowest BCUT2D eigenvalue weighted by molar-refractivity contribution is 0.579. The molecule has 0 aliphatic rings. The van der Waals surface area contributed by atoms with E-state index < -0.39 is 5.95 Å². The summed E-state index contributed by atoms with van der Waals surface area (Å²) < 4.78 is 12.9. The van der Waals surface area contributed by atoms with E-state index in [4.69, 9.17) is 0 Å². The van der Waals surface area contributed by atoms with Gasteiger partial charge in [-0.05, 0) is 25.5 Å². The Bertz CT molecular complexity index is 505. The van der Waals surface area contributed by atoms with Gasteiger partial charge in [0.15, 0.2) is 0 Å². The summed E-state index contributed by atoms with van der Waals surface area (Å²) >= 11 is 1.63. The highest BCUT2D eigenvalue weighted by Gasteiger charge is 2.00. The first-order valence-electron chi connectivity index (χ1n) is 5.45. The molecule has 0 aliphatic carbocycles. The number of aryl methyl sites for hydroxylation is 2. The van der Waals surface area contributed by atoms with Gasteiger partial charge in [0.1, 0.15) is 0 Å². The van der Waals surface area contributed by atoms with Crippen LogP contribution in [0.3, 0.4) is 0 Å². The van der Waals surface area contributed by atoms with E-state index in [1.807, 2.05) is 6.07 Å². The van der Waals surface area contributed by atoms with Crippen molar-refractivity contribution in [1.29, 1.82) is 0 Å². The number of halogens is 1. The van der Waals surface area contributed by atoms with Crippen LogP contribution in [0, 0.1) is 19.8 Å². The normalized spacial score (nSPS) is 10.5. The minimum atomic E-state index is -0.421. The Morgan fingerprint density at radius 2 is 1.82 bits per heavy atom. The molecule has 2 aromatic rings. The van der Waals surface area contributed by atoms with Gasteiger partial charge in [0.2, 0.25) is 5.95 Å². The molecule has 0 saturated heterocycles. The van der Waals surface area contributed by atoms with Crippen molar-refractivity contribution in [2.75, 3.05) is 0 Å². The van der Waals surface area contributed by atoms with Crippen LogP contribution in [0.5, 0.6) is 0 Å². The lowest BCUT2D eigenvalue weighted by atomic mass is 10.1. The highest BCUT2D eigenvalue weighted by Crippen LogP contribution is 2.23. The molecular weight excluding hydrogens is 233 g/mol. The van der Waals surface area contributed by atoms with Crippen molar-refractivity contribution in [3.63, 3.8) is 0 Å². The smallest absolute Gasteiger partial charge is 0.213 e. The molecule has 0 spiro atoms. The minimum Gasteiger partial charge on any atom is -0.228 e. The van der Waals surface area contributed by atoms with Crippen LogP contribution < -0.4 is 0 Å². The Labute approximate surface area is 105 Å². The predicted octanol–water partition coefficient (Wildman–Crippen LogP) is 4.13. The van der Waals surface area contributed by atoms with Crippen molar-refractivity contribution in [3.8, 4) is 0 Å². The molecule has 1 heterocycles. The molecule has 0 N–H and O–H groups in total. The fourth-order valence-corrected chi connectivity index (χ4v) is 2.63. The third-order valence-electron chi connectivity index (χ3n) is 2.39. The number of pyridine rings is 1. The van der Waals surface area contributed by atoms with Crippen LogP contribution >= 0.6 is 11.8 Å². The molecule has 1 aromatic heterocycles. The maximum Gasteiger partial charge on any atom is 0.213 e. The number of nitrogens with zero attached hydrogens (tertiary/aromatic N) is 1. The lowest BCUT2D eigenvalue weighted by Crippen LogP contribution is -1.86. The summed E-state index contributed by atoms with van der Waals surface area (Å²) in [5.41, 5.74) is 3.80. The van der Waals surface area contributed by atoms with Gasteiger partial charge >= 0.3 is 0 Å². The molecule has 0 atom stereocenters. The molecule has 0 saturated carbocycles. The number of aromatic nitrogens is 1. The SMILES string of the molecule is Cc1cc(C)cc(CSc2ccnc(F)c2)c1. The molecule has 88 valence electrons. The number of rotatable bonds is 3. The summed E-state index contributed by atoms with van der Waals surface area (Å²) in [5, 5.41) is 0. The van der Waals surface area contributed by atoms with Crippen molar-refractivity contribution < 1.29 is 4.39 Å². The second-order valence-electron chi connectivity index (χ2n) is 4.10.